The van der Waals surface area contributed by atoms with Crippen molar-refractivity contribution < 1.29 is 23.4 Å². The lowest BCUT2D eigenvalue weighted by molar-refractivity contribution is 0.117. The van der Waals surface area contributed by atoms with Gasteiger partial charge in [-0.05, 0) is 25.2 Å². The van der Waals surface area contributed by atoms with Gasteiger partial charge in [-0.2, -0.15) is 0 Å². The van der Waals surface area contributed by atoms with Crippen molar-refractivity contribution in [2.75, 3.05) is 39.8 Å². The van der Waals surface area contributed by atoms with Gasteiger partial charge in [0, 0.05) is 25.2 Å². The van der Waals surface area contributed by atoms with Crippen molar-refractivity contribution in [1.29, 1.82) is 0 Å². The third-order valence-corrected chi connectivity index (χ3v) is 3.40. The Morgan fingerprint density at radius 1 is 1.48 bits per heavy atom. The third kappa shape index (κ3) is 4.12. The van der Waals surface area contributed by atoms with E-state index in [1.807, 2.05) is 0 Å². The molecule has 1 N–H and O–H groups in total. The van der Waals surface area contributed by atoms with Crippen LogP contribution in [0.25, 0.3) is 0 Å². The number of rotatable bonds is 6. The number of nitrogens with zero attached hydrogens (tertiary/aromatic N) is 2. The number of likely N-dealkylation sites (N-methyl/N-ethyl adjacent to an activating group) is 1. The van der Waals surface area contributed by atoms with E-state index >= 15 is 0 Å². The zero-order valence-electron chi connectivity index (χ0n) is 11.8. The highest BCUT2D eigenvalue weighted by Gasteiger charge is 2.22. The van der Waals surface area contributed by atoms with Crippen molar-refractivity contribution in [2.45, 2.75) is 6.10 Å². The van der Waals surface area contributed by atoms with Crippen molar-refractivity contribution in [3.05, 3.63) is 35.4 Å². The van der Waals surface area contributed by atoms with Crippen LogP contribution in [0.1, 0.15) is 11.7 Å². The van der Waals surface area contributed by atoms with Gasteiger partial charge in [0.2, 0.25) is 0 Å². The molecule has 0 spiro atoms. The lowest BCUT2D eigenvalue weighted by Crippen LogP contribution is -2.35. The van der Waals surface area contributed by atoms with Crippen molar-refractivity contribution in [3.8, 4) is 0 Å². The first-order valence-electron chi connectivity index (χ1n) is 6.70. The van der Waals surface area contributed by atoms with Crippen LogP contribution in [0.4, 0.5) is 13.6 Å². The van der Waals surface area contributed by atoms with E-state index in [1.54, 1.807) is 16.8 Å². The molecule has 116 valence electrons. The van der Waals surface area contributed by atoms with Gasteiger partial charge in [0.25, 0.3) is 0 Å². The molecule has 1 heterocycles. The van der Waals surface area contributed by atoms with Crippen LogP contribution in [-0.4, -0.2) is 60.8 Å². The molecule has 1 unspecified atom stereocenters. The molecular formula is C14H18F2N2O3. The summed E-state index contributed by atoms with van der Waals surface area (Å²) in [5.74, 6) is -1.23. The highest BCUT2D eigenvalue weighted by Crippen LogP contribution is 2.19. The van der Waals surface area contributed by atoms with Gasteiger partial charge in [-0.25, -0.2) is 13.6 Å². The Hall–Kier alpha value is -1.73. The van der Waals surface area contributed by atoms with Gasteiger partial charge >= 0.3 is 6.09 Å². The second-order valence-electron chi connectivity index (χ2n) is 5.05. The maximum atomic E-state index is 13.5. The second-order valence-corrected chi connectivity index (χ2v) is 5.05. The Kier molecular flexibility index (Phi) is 5.08. The van der Waals surface area contributed by atoms with Crippen molar-refractivity contribution in [2.24, 2.45) is 0 Å². The molecule has 2 rings (SSSR count). The summed E-state index contributed by atoms with van der Waals surface area (Å²) >= 11 is 0. The third-order valence-electron chi connectivity index (χ3n) is 3.40. The molecule has 0 radical (unpaired) electrons. The minimum Gasteiger partial charge on any atom is -0.448 e. The van der Waals surface area contributed by atoms with Gasteiger partial charge in [-0.3, -0.25) is 0 Å². The summed E-state index contributed by atoms with van der Waals surface area (Å²) in [6.45, 7) is 2.05. The Balaban J connectivity index is 1.85. The van der Waals surface area contributed by atoms with Crippen LogP contribution in [0, 0.1) is 11.6 Å². The van der Waals surface area contributed by atoms with E-state index in [9.17, 15) is 18.7 Å². The number of aliphatic hydroxyl groups is 1. The smallest absolute Gasteiger partial charge is 0.409 e. The van der Waals surface area contributed by atoms with Gasteiger partial charge < -0.3 is 19.6 Å². The maximum absolute atomic E-state index is 13.5. The summed E-state index contributed by atoms with van der Waals surface area (Å²) in [5.41, 5.74) is -0.0672. The summed E-state index contributed by atoms with van der Waals surface area (Å²) in [6, 6.07) is 2.99. The maximum Gasteiger partial charge on any atom is 0.409 e. The van der Waals surface area contributed by atoms with Crippen LogP contribution in [0.2, 0.25) is 0 Å². The Morgan fingerprint density at radius 3 is 2.90 bits per heavy atom. The normalized spacial score (nSPS) is 16.4. The molecule has 0 aliphatic carbocycles. The molecule has 1 aromatic carbocycles. The SMILES string of the molecule is CN(CCN1CCOC1=O)CC(O)c1cc(F)ccc1F. The summed E-state index contributed by atoms with van der Waals surface area (Å²) in [6.07, 6.45) is -1.48. The average Bonchev–Trinajstić information content (AvgIpc) is 2.84. The molecule has 5 nitrogen and oxygen atoms in total. The number of carbonyl (C=O) groups excluding carboxylic acids is 1. The second kappa shape index (κ2) is 6.82. The first-order chi connectivity index (χ1) is 9.97. The molecule has 1 amide bonds. The molecule has 1 fully saturated rings. The number of ether oxygens (including phenoxy) is 1. The fourth-order valence-corrected chi connectivity index (χ4v) is 2.18. The minimum atomic E-state index is -1.13. The van der Waals surface area contributed by atoms with Crippen LogP contribution in [0.15, 0.2) is 18.2 Å². The minimum absolute atomic E-state index is 0.0672. The number of aliphatic hydroxyl groups excluding tert-OH is 1. The monoisotopic (exact) mass is 300 g/mol. The van der Waals surface area contributed by atoms with E-state index in [2.05, 4.69) is 0 Å². The lowest BCUT2D eigenvalue weighted by Gasteiger charge is -2.23. The molecule has 0 aromatic heterocycles. The standard InChI is InChI=1S/C14H18F2N2O3/c1-17(4-5-18-6-7-21-14(18)20)9-13(19)11-8-10(15)2-3-12(11)16/h2-3,8,13,19H,4-7,9H2,1H3. The number of amides is 1. The molecular weight excluding hydrogens is 282 g/mol. The highest BCUT2D eigenvalue weighted by molar-refractivity contribution is 5.69. The van der Waals surface area contributed by atoms with E-state index in [0.717, 1.165) is 18.2 Å². The fraction of sp³-hybridized carbons (Fsp3) is 0.500. The van der Waals surface area contributed by atoms with E-state index in [1.165, 1.54) is 0 Å². The zero-order valence-corrected chi connectivity index (χ0v) is 11.8. The number of cyclic esters (lactones) is 1. The largest absolute Gasteiger partial charge is 0.448 e. The predicted molar refractivity (Wildman–Crippen MR) is 71.7 cm³/mol. The molecule has 7 heteroatoms. The molecule has 1 saturated heterocycles. The van der Waals surface area contributed by atoms with E-state index in [0.29, 0.717) is 26.2 Å². The quantitative estimate of drug-likeness (QED) is 0.862. The molecule has 1 atom stereocenters. The first-order valence-corrected chi connectivity index (χ1v) is 6.70. The Labute approximate surface area is 121 Å². The summed E-state index contributed by atoms with van der Waals surface area (Å²) in [4.78, 5) is 14.6. The summed E-state index contributed by atoms with van der Waals surface area (Å²) in [7, 11) is 1.74. The molecule has 1 aliphatic rings. The van der Waals surface area contributed by atoms with Gasteiger partial charge in [-0.1, -0.05) is 0 Å². The van der Waals surface area contributed by atoms with E-state index in [4.69, 9.17) is 4.74 Å². The number of benzene rings is 1. The summed E-state index contributed by atoms with van der Waals surface area (Å²) in [5, 5.41) is 9.99. The van der Waals surface area contributed by atoms with Crippen molar-refractivity contribution in [1.82, 2.24) is 9.80 Å². The van der Waals surface area contributed by atoms with Gasteiger partial charge in [-0.15, -0.1) is 0 Å². The zero-order chi connectivity index (χ0) is 15.4. The molecule has 1 aliphatic heterocycles. The lowest BCUT2D eigenvalue weighted by atomic mass is 10.1. The van der Waals surface area contributed by atoms with E-state index < -0.39 is 17.7 Å². The fourth-order valence-electron chi connectivity index (χ4n) is 2.18. The molecule has 0 bridgehead atoms. The Morgan fingerprint density at radius 2 is 2.24 bits per heavy atom. The predicted octanol–water partition coefficient (Wildman–Crippen LogP) is 1.38. The van der Waals surface area contributed by atoms with Gasteiger partial charge in [0.1, 0.15) is 18.2 Å². The molecule has 0 saturated carbocycles. The topological polar surface area (TPSA) is 53.0 Å². The van der Waals surface area contributed by atoms with Gasteiger partial charge in [0.15, 0.2) is 0 Å². The summed E-state index contributed by atoms with van der Waals surface area (Å²) < 4.78 is 31.4. The molecule has 21 heavy (non-hydrogen) atoms. The number of halogens is 2. The van der Waals surface area contributed by atoms with Crippen LogP contribution < -0.4 is 0 Å². The highest BCUT2D eigenvalue weighted by atomic mass is 19.1. The van der Waals surface area contributed by atoms with Crippen LogP contribution in [0.3, 0.4) is 0 Å². The number of carbonyl (C=O) groups is 1. The first kappa shape index (κ1) is 15.7. The van der Waals surface area contributed by atoms with Crippen LogP contribution >= 0.6 is 0 Å². The number of hydrogen-bond donors (Lipinski definition) is 1. The molecule has 1 aromatic rings. The average molecular weight is 300 g/mol. The van der Waals surface area contributed by atoms with Crippen LogP contribution in [-0.2, 0) is 4.74 Å². The van der Waals surface area contributed by atoms with Gasteiger partial charge in [0.05, 0.1) is 12.6 Å². The van der Waals surface area contributed by atoms with E-state index in [-0.39, 0.29) is 18.2 Å². The van der Waals surface area contributed by atoms with Crippen LogP contribution in [0.5, 0.6) is 0 Å². The number of hydrogen-bond acceptors (Lipinski definition) is 4. The van der Waals surface area contributed by atoms with Crippen molar-refractivity contribution in [3.63, 3.8) is 0 Å². The Bertz CT molecular complexity index is 513. The van der Waals surface area contributed by atoms with Crippen molar-refractivity contribution >= 4 is 6.09 Å².